The van der Waals surface area contributed by atoms with Gasteiger partial charge in [-0.2, -0.15) is 0 Å². The zero-order valence-electron chi connectivity index (χ0n) is 13.1. The average Bonchev–Trinajstić information content (AvgIpc) is 2.43. The zero-order chi connectivity index (χ0) is 15.5. The topological polar surface area (TPSA) is 49.4 Å². The van der Waals surface area contributed by atoms with Crippen molar-refractivity contribution in [1.82, 2.24) is 10.2 Å². The minimum Gasteiger partial charge on any atom is -0.313 e. The first kappa shape index (κ1) is 16.5. The van der Waals surface area contributed by atoms with E-state index in [9.17, 15) is 8.42 Å². The highest BCUT2D eigenvalue weighted by Gasteiger charge is 2.30. The van der Waals surface area contributed by atoms with Crippen LogP contribution in [0.1, 0.15) is 25.5 Å². The Bertz CT molecular complexity index is 545. The van der Waals surface area contributed by atoms with E-state index in [0.717, 1.165) is 6.54 Å². The number of benzene rings is 1. The second kappa shape index (κ2) is 6.90. The molecular weight excluding hydrogens is 284 g/mol. The van der Waals surface area contributed by atoms with E-state index in [2.05, 4.69) is 41.4 Å². The molecule has 0 aliphatic carbocycles. The summed E-state index contributed by atoms with van der Waals surface area (Å²) < 4.78 is 23.3. The summed E-state index contributed by atoms with van der Waals surface area (Å²) in [6.07, 6.45) is 0. The third kappa shape index (κ3) is 4.28. The monoisotopic (exact) mass is 310 g/mol. The lowest BCUT2D eigenvalue weighted by atomic mass is 9.94. The van der Waals surface area contributed by atoms with Crippen molar-refractivity contribution in [3.8, 4) is 0 Å². The summed E-state index contributed by atoms with van der Waals surface area (Å²) in [6.45, 7) is 5.81. The summed E-state index contributed by atoms with van der Waals surface area (Å²) in [5.41, 5.74) is 1.28. The Labute approximate surface area is 128 Å². The molecular formula is C16H26N2O2S. The number of nitrogens with one attached hydrogen (secondary N) is 1. The van der Waals surface area contributed by atoms with Crippen molar-refractivity contribution in [1.29, 1.82) is 0 Å². The van der Waals surface area contributed by atoms with E-state index < -0.39 is 9.84 Å². The van der Waals surface area contributed by atoms with Crippen molar-refractivity contribution in [3.05, 3.63) is 35.9 Å². The summed E-state index contributed by atoms with van der Waals surface area (Å²) in [7, 11) is -0.852. The van der Waals surface area contributed by atoms with Crippen LogP contribution in [0.4, 0.5) is 0 Å². The molecule has 2 rings (SSSR count). The summed E-state index contributed by atoms with van der Waals surface area (Å²) >= 11 is 0. The maximum Gasteiger partial charge on any atom is 0.153 e. The Balaban J connectivity index is 2.02. The predicted molar refractivity (Wildman–Crippen MR) is 87.1 cm³/mol. The fourth-order valence-corrected chi connectivity index (χ4v) is 4.84. The van der Waals surface area contributed by atoms with Gasteiger partial charge in [0.15, 0.2) is 9.84 Å². The first-order chi connectivity index (χ1) is 9.93. The highest BCUT2D eigenvalue weighted by Crippen LogP contribution is 2.24. The molecule has 4 nitrogen and oxygen atoms in total. The average molecular weight is 310 g/mol. The fraction of sp³-hybridized carbons (Fsp3) is 0.625. The number of nitrogens with zero attached hydrogens (tertiary/aromatic N) is 1. The molecule has 1 aliphatic heterocycles. The number of hydrogen-bond acceptors (Lipinski definition) is 4. The molecule has 5 heteroatoms. The van der Waals surface area contributed by atoms with Crippen LogP contribution in [-0.4, -0.2) is 51.0 Å². The number of rotatable bonds is 5. The Morgan fingerprint density at radius 3 is 2.57 bits per heavy atom. The molecule has 0 spiro atoms. The minimum absolute atomic E-state index is 0.111. The van der Waals surface area contributed by atoms with Crippen molar-refractivity contribution >= 4 is 9.84 Å². The van der Waals surface area contributed by atoms with Gasteiger partial charge in [0.25, 0.3) is 0 Å². The molecule has 1 heterocycles. The van der Waals surface area contributed by atoms with Crippen molar-refractivity contribution in [2.45, 2.75) is 25.9 Å². The molecule has 0 radical (unpaired) electrons. The van der Waals surface area contributed by atoms with Gasteiger partial charge in [-0.15, -0.1) is 0 Å². The van der Waals surface area contributed by atoms with E-state index in [1.54, 1.807) is 0 Å². The lowest BCUT2D eigenvalue weighted by Gasteiger charge is -2.37. The summed E-state index contributed by atoms with van der Waals surface area (Å²) in [5, 5.41) is 3.39. The smallest absolute Gasteiger partial charge is 0.153 e. The van der Waals surface area contributed by atoms with Gasteiger partial charge in [-0.1, -0.05) is 37.3 Å². The third-order valence-electron chi connectivity index (χ3n) is 4.37. The SMILES string of the molecule is CNC(c1ccccc1)C(C)CN1CCS(=O)(=O)CC1C. The van der Waals surface area contributed by atoms with E-state index in [1.807, 2.05) is 20.0 Å². The standard InChI is InChI=1S/C16H26N2O2S/c1-13(16(17-3)15-7-5-4-6-8-15)11-18-9-10-21(19,20)12-14(18)2/h4-8,13-14,16-17H,9-12H2,1-3H3. The molecule has 21 heavy (non-hydrogen) atoms. The molecule has 1 saturated heterocycles. The van der Waals surface area contributed by atoms with Crippen LogP contribution in [0, 0.1) is 5.92 Å². The first-order valence-corrected chi connectivity index (χ1v) is 9.42. The summed E-state index contributed by atoms with van der Waals surface area (Å²) in [5.74, 6) is 0.996. The van der Waals surface area contributed by atoms with Crippen LogP contribution in [0.5, 0.6) is 0 Å². The van der Waals surface area contributed by atoms with Crippen LogP contribution < -0.4 is 5.32 Å². The van der Waals surface area contributed by atoms with Gasteiger partial charge in [-0.25, -0.2) is 8.42 Å². The van der Waals surface area contributed by atoms with Crippen LogP contribution in [0.3, 0.4) is 0 Å². The van der Waals surface area contributed by atoms with E-state index in [1.165, 1.54) is 5.56 Å². The molecule has 0 aromatic heterocycles. The van der Waals surface area contributed by atoms with Gasteiger partial charge in [-0.05, 0) is 25.5 Å². The lowest BCUT2D eigenvalue weighted by molar-refractivity contribution is 0.179. The summed E-state index contributed by atoms with van der Waals surface area (Å²) in [6, 6.07) is 10.8. The Hall–Kier alpha value is -0.910. The summed E-state index contributed by atoms with van der Waals surface area (Å²) in [4.78, 5) is 2.30. The molecule has 0 amide bonds. The van der Waals surface area contributed by atoms with Crippen molar-refractivity contribution in [2.24, 2.45) is 5.92 Å². The largest absolute Gasteiger partial charge is 0.313 e. The fourth-order valence-electron chi connectivity index (χ4n) is 3.22. The highest BCUT2D eigenvalue weighted by molar-refractivity contribution is 7.91. The van der Waals surface area contributed by atoms with Crippen LogP contribution in [0.2, 0.25) is 0 Å². The molecule has 1 aromatic rings. The van der Waals surface area contributed by atoms with Gasteiger partial charge in [0.1, 0.15) is 0 Å². The lowest BCUT2D eigenvalue weighted by Crippen LogP contribution is -2.49. The van der Waals surface area contributed by atoms with E-state index >= 15 is 0 Å². The maximum atomic E-state index is 11.7. The van der Waals surface area contributed by atoms with Crippen molar-refractivity contribution < 1.29 is 8.42 Å². The molecule has 1 aromatic carbocycles. The molecule has 1 fully saturated rings. The normalized spacial score (nSPS) is 25.4. The van der Waals surface area contributed by atoms with E-state index in [4.69, 9.17) is 0 Å². The van der Waals surface area contributed by atoms with Crippen LogP contribution >= 0.6 is 0 Å². The van der Waals surface area contributed by atoms with Gasteiger partial charge < -0.3 is 5.32 Å². The van der Waals surface area contributed by atoms with Crippen LogP contribution in [0.15, 0.2) is 30.3 Å². The predicted octanol–water partition coefficient (Wildman–Crippen LogP) is 1.70. The minimum atomic E-state index is -2.84. The Morgan fingerprint density at radius 2 is 2.00 bits per heavy atom. The Morgan fingerprint density at radius 1 is 1.33 bits per heavy atom. The zero-order valence-corrected chi connectivity index (χ0v) is 13.9. The van der Waals surface area contributed by atoms with E-state index in [-0.39, 0.29) is 17.8 Å². The van der Waals surface area contributed by atoms with Gasteiger partial charge in [0.05, 0.1) is 11.5 Å². The number of sulfone groups is 1. The van der Waals surface area contributed by atoms with Gasteiger partial charge >= 0.3 is 0 Å². The van der Waals surface area contributed by atoms with Crippen LogP contribution in [0.25, 0.3) is 0 Å². The molecule has 3 atom stereocenters. The van der Waals surface area contributed by atoms with Gasteiger partial charge in [0.2, 0.25) is 0 Å². The molecule has 3 unspecified atom stereocenters. The molecule has 0 saturated carbocycles. The molecule has 118 valence electrons. The quantitative estimate of drug-likeness (QED) is 0.899. The van der Waals surface area contributed by atoms with Crippen molar-refractivity contribution in [2.75, 3.05) is 31.6 Å². The first-order valence-electron chi connectivity index (χ1n) is 7.59. The van der Waals surface area contributed by atoms with Gasteiger partial charge in [0, 0.05) is 25.2 Å². The third-order valence-corrected chi connectivity index (χ3v) is 6.16. The van der Waals surface area contributed by atoms with Crippen molar-refractivity contribution in [3.63, 3.8) is 0 Å². The Kier molecular flexibility index (Phi) is 5.41. The van der Waals surface area contributed by atoms with Gasteiger partial charge in [-0.3, -0.25) is 4.90 Å². The highest BCUT2D eigenvalue weighted by atomic mass is 32.2. The van der Waals surface area contributed by atoms with E-state index in [0.29, 0.717) is 18.2 Å². The second-order valence-corrected chi connectivity index (χ2v) is 8.34. The van der Waals surface area contributed by atoms with Crippen LogP contribution in [-0.2, 0) is 9.84 Å². The maximum absolute atomic E-state index is 11.7. The number of hydrogen-bond donors (Lipinski definition) is 1. The molecule has 1 N–H and O–H groups in total. The molecule has 1 aliphatic rings. The second-order valence-electron chi connectivity index (χ2n) is 6.11. The molecule has 0 bridgehead atoms.